The number of fused-ring (bicyclic) bond motifs is 2. The molecule has 4 nitrogen and oxygen atoms in total. The molecule has 290 valence electrons. The van der Waals surface area contributed by atoms with Gasteiger partial charge in [0.2, 0.25) is 0 Å². The predicted molar refractivity (Wildman–Crippen MR) is 256 cm³/mol. The Morgan fingerprint density at radius 3 is 0.952 bits per heavy atom. The number of rotatable bonds is 8. The molecule has 0 amide bonds. The first-order valence-corrected chi connectivity index (χ1v) is 20.9. The van der Waals surface area contributed by atoms with Crippen LogP contribution in [0.3, 0.4) is 0 Å². The molecule has 0 saturated heterocycles. The fraction of sp³-hybridized carbons (Fsp3) is 0. The highest BCUT2D eigenvalue weighted by molar-refractivity contribution is 6.07. The lowest BCUT2D eigenvalue weighted by molar-refractivity contribution is 1.08. The number of hydrogen-bond acceptors (Lipinski definition) is 4. The van der Waals surface area contributed by atoms with Gasteiger partial charge in [0.1, 0.15) is 0 Å². The van der Waals surface area contributed by atoms with Crippen molar-refractivity contribution in [1.29, 1.82) is 0 Å². The fourth-order valence-electron chi connectivity index (χ4n) is 8.53. The van der Waals surface area contributed by atoms with E-state index < -0.39 is 0 Å². The lowest BCUT2D eigenvalue weighted by Gasteiger charge is -2.16. The van der Waals surface area contributed by atoms with Crippen molar-refractivity contribution >= 4 is 21.5 Å². The van der Waals surface area contributed by atoms with Gasteiger partial charge in [-0.25, -0.2) is 19.9 Å². The van der Waals surface area contributed by atoms with Gasteiger partial charge in [0.25, 0.3) is 0 Å². The summed E-state index contributed by atoms with van der Waals surface area (Å²) in [5, 5.41) is 4.60. The third-order valence-corrected chi connectivity index (χ3v) is 11.5. The smallest absolute Gasteiger partial charge is 0.164 e. The Morgan fingerprint density at radius 1 is 0.194 bits per heavy atom. The largest absolute Gasteiger partial charge is 0.248 e. The summed E-state index contributed by atoms with van der Waals surface area (Å²) in [6, 6.07) is 80.7. The topological polar surface area (TPSA) is 51.6 Å². The van der Waals surface area contributed by atoms with Crippen LogP contribution in [0, 0.1) is 0 Å². The zero-order valence-electron chi connectivity index (χ0n) is 33.7. The summed E-state index contributed by atoms with van der Waals surface area (Å²) in [7, 11) is 0. The van der Waals surface area contributed by atoms with E-state index in [-0.39, 0.29) is 0 Å². The molecule has 11 aromatic rings. The lowest BCUT2D eigenvalue weighted by Crippen LogP contribution is -2.00. The predicted octanol–water partition coefficient (Wildman–Crippen LogP) is 14.9. The minimum atomic E-state index is 0.641. The molecule has 2 heterocycles. The molecule has 0 N–H and O–H groups in total. The summed E-state index contributed by atoms with van der Waals surface area (Å²) in [6.07, 6.45) is 0. The molecular weight excluding hydrogens is 753 g/mol. The third kappa shape index (κ3) is 7.00. The molecule has 0 aliphatic rings. The van der Waals surface area contributed by atoms with Gasteiger partial charge in [-0.3, -0.25) is 0 Å². The second kappa shape index (κ2) is 16.0. The summed E-state index contributed by atoms with van der Waals surface area (Å²) in [5.41, 5.74) is 13.8. The molecule has 0 spiro atoms. The van der Waals surface area contributed by atoms with E-state index in [1.165, 1.54) is 21.9 Å². The van der Waals surface area contributed by atoms with E-state index in [0.717, 1.165) is 72.2 Å². The van der Waals surface area contributed by atoms with Gasteiger partial charge in [-0.05, 0) is 79.2 Å². The maximum Gasteiger partial charge on any atom is 0.164 e. The Morgan fingerprint density at radius 2 is 0.516 bits per heavy atom. The van der Waals surface area contributed by atoms with Crippen molar-refractivity contribution in [3.05, 3.63) is 231 Å². The third-order valence-electron chi connectivity index (χ3n) is 11.5. The second-order valence-electron chi connectivity index (χ2n) is 15.4. The Labute approximate surface area is 360 Å². The van der Waals surface area contributed by atoms with Crippen LogP contribution in [0.15, 0.2) is 231 Å². The van der Waals surface area contributed by atoms with E-state index in [9.17, 15) is 0 Å². The molecule has 0 saturated carbocycles. The molecule has 11 rings (SSSR count). The summed E-state index contributed by atoms with van der Waals surface area (Å²) < 4.78 is 0. The molecule has 4 heteroatoms. The first-order valence-electron chi connectivity index (χ1n) is 20.9. The highest BCUT2D eigenvalue weighted by atomic mass is 15.0. The van der Waals surface area contributed by atoms with E-state index in [1.807, 2.05) is 72.8 Å². The van der Waals surface area contributed by atoms with Gasteiger partial charge in [0.15, 0.2) is 17.5 Å². The van der Waals surface area contributed by atoms with Crippen LogP contribution in [-0.2, 0) is 0 Å². The zero-order valence-corrected chi connectivity index (χ0v) is 33.7. The molecule has 62 heavy (non-hydrogen) atoms. The summed E-state index contributed by atoms with van der Waals surface area (Å²) >= 11 is 0. The molecule has 0 unspecified atom stereocenters. The van der Waals surface area contributed by atoms with Crippen LogP contribution in [0.2, 0.25) is 0 Å². The van der Waals surface area contributed by atoms with Crippen molar-refractivity contribution in [3.8, 4) is 90.1 Å². The van der Waals surface area contributed by atoms with Gasteiger partial charge in [0, 0.05) is 27.8 Å². The van der Waals surface area contributed by atoms with Crippen LogP contribution in [0.1, 0.15) is 0 Å². The Balaban J connectivity index is 1.02. The van der Waals surface area contributed by atoms with E-state index in [0.29, 0.717) is 17.5 Å². The number of benzene rings is 9. The summed E-state index contributed by atoms with van der Waals surface area (Å²) in [6.45, 7) is 0. The zero-order chi connectivity index (χ0) is 41.2. The standard InChI is InChI=1S/C58H38N4/c1-5-18-39(19-6-1)54-37-45(38-55(59-54)40-20-7-2-8-21-40)48-33-32-46(49-28-13-14-30-51(48)49)43-26-17-27-44(36-43)47-34-35-53(52-31-16-15-29-50(47)52)58-61-56(41-22-9-3-10-23-41)60-57(62-58)42-24-11-4-12-25-42/h1-38H. The first-order chi connectivity index (χ1) is 30.7. The second-order valence-corrected chi connectivity index (χ2v) is 15.4. The van der Waals surface area contributed by atoms with Crippen LogP contribution in [0.5, 0.6) is 0 Å². The van der Waals surface area contributed by atoms with E-state index >= 15 is 0 Å². The molecule has 0 bridgehead atoms. The van der Waals surface area contributed by atoms with Crippen molar-refractivity contribution in [2.45, 2.75) is 0 Å². The SMILES string of the molecule is c1ccc(-c2cc(-c3ccc(-c4cccc(-c5ccc(-c6nc(-c7ccccc7)nc(-c7ccccc7)n6)c6ccccc56)c4)c4ccccc34)cc(-c3ccccc3)n2)cc1. The lowest BCUT2D eigenvalue weighted by atomic mass is 9.89. The maximum atomic E-state index is 5.15. The average Bonchev–Trinajstić information content (AvgIpc) is 3.36. The van der Waals surface area contributed by atoms with Crippen molar-refractivity contribution < 1.29 is 0 Å². The normalized spacial score (nSPS) is 11.2. The highest BCUT2D eigenvalue weighted by Crippen LogP contribution is 2.41. The van der Waals surface area contributed by atoms with Gasteiger partial charge in [-0.2, -0.15) is 0 Å². The van der Waals surface area contributed by atoms with Crippen LogP contribution in [-0.4, -0.2) is 19.9 Å². The molecular formula is C58H38N4. The quantitative estimate of drug-likeness (QED) is 0.154. The highest BCUT2D eigenvalue weighted by Gasteiger charge is 2.18. The fourth-order valence-corrected chi connectivity index (χ4v) is 8.53. The molecule has 2 aromatic heterocycles. The molecule has 0 atom stereocenters. The Kier molecular flexibility index (Phi) is 9.49. The monoisotopic (exact) mass is 790 g/mol. The van der Waals surface area contributed by atoms with Crippen molar-refractivity contribution in [2.75, 3.05) is 0 Å². The first kappa shape index (κ1) is 36.7. The number of hydrogen-bond donors (Lipinski definition) is 0. The van der Waals surface area contributed by atoms with Crippen LogP contribution >= 0.6 is 0 Å². The van der Waals surface area contributed by atoms with E-state index in [4.69, 9.17) is 19.9 Å². The Bertz CT molecular complexity index is 3050. The molecule has 0 aliphatic carbocycles. The van der Waals surface area contributed by atoms with Crippen LogP contribution < -0.4 is 0 Å². The van der Waals surface area contributed by atoms with Crippen molar-refractivity contribution in [3.63, 3.8) is 0 Å². The summed E-state index contributed by atoms with van der Waals surface area (Å²) in [4.78, 5) is 20.2. The minimum Gasteiger partial charge on any atom is -0.248 e. The Hall–Kier alpha value is -8.34. The van der Waals surface area contributed by atoms with Crippen LogP contribution in [0.4, 0.5) is 0 Å². The summed E-state index contributed by atoms with van der Waals surface area (Å²) in [5.74, 6) is 1.93. The molecule has 0 aliphatic heterocycles. The van der Waals surface area contributed by atoms with Gasteiger partial charge in [-0.1, -0.05) is 206 Å². The van der Waals surface area contributed by atoms with Crippen molar-refractivity contribution in [2.24, 2.45) is 0 Å². The number of nitrogens with zero attached hydrogens (tertiary/aromatic N) is 4. The van der Waals surface area contributed by atoms with Gasteiger partial charge < -0.3 is 0 Å². The van der Waals surface area contributed by atoms with Crippen molar-refractivity contribution in [1.82, 2.24) is 19.9 Å². The van der Waals surface area contributed by atoms with Gasteiger partial charge in [0.05, 0.1) is 11.4 Å². The number of pyridine rings is 1. The minimum absolute atomic E-state index is 0.641. The average molecular weight is 791 g/mol. The maximum absolute atomic E-state index is 5.15. The van der Waals surface area contributed by atoms with E-state index in [1.54, 1.807) is 0 Å². The molecule has 0 fully saturated rings. The molecule has 9 aromatic carbocycles. The molecule has 0 radical (unpaired) electrons. The van der Waals surface area contributed by atoms with E-state index in [2.05, 4.69) is 158 Å². The number of aromatic nitrogens is 4. The van der Waals surface area contributed by atoms with Gasteiger partial charge in [-0.15, -0.1) is 0 Å². The van der Waals surface area contributed by atoms with Gasteiger partial charge >= 0.3 is 0 Å². The van der Waals surface area contributed by atoms with Crippen LogP contribution in [0.25, 0.3) is 112 Å².